The summed E-state index contributed by atoms with van der Waals surface area (Å²) in [7, 11) is 4.04. The predicted octanol–water partition coefficient (Wildman–Crippen LogP) is 0.993. The summed E-state index contributed by atoms with van der Waals surface area (Å²) >= 11 is 0. The number of rotatable bonds is 9. The zero-order chi connectivity index (χ0) is 17.7. The molecule has 0 aromatic rings. The van der Waals surface area contributed by atoms with Gasteiger partial charge in [-0.1, -0.05) is 0 Å². The molecule has 0 saturated carbocycles. The Labute approximate surface area is 176 Å². The average molecular weight is 483 g/mol. The van der Waals surface area contributed by atoms with Crippen LogP contribution >= 0.6 is 24.0 Å². The largest absolute Gasteiger partial charge is 0.379 e. The van der Waals surface area contributed by atoms with E-state index in [0.717, 1.165) is 64.7 Å². The van der Waals surface area contributed by atoms with Crippen LogP contribution < -0.4 is 10.6 Å². The third kappa shape index (κ3) is 10.2. The van der Waals surface area contributed by atoms with E-state index in [-0.39, 0.29) is 24.0 Å². The minimum Gasteiger partial charge on any atom is -0.379 e. The van der Waals surface area contributed by atoms with Crippen molar-refractivity contribution < 1.29 is 9.47 Å². The molecule has 8 heteroatoms. The van der Waals surface area contributed by atoms with Gasteiger partial charge >= 0.3 is 0 Å². The standard InChI is InChI=1S/C18H37N5O2.HI/c1-19-18(21-8-4-14-25-17-6-15-24-16-17)20-7-3-10-23-11-5-9-22(2)12-13-23;/h17H,3-16H2,1-2H3,(H2,19,20,21);1H. The van der Waals surface area contributed by atoms with Gasteiger partial charge in [0.25, 0.3) is 0 Å². The number of nitrogens with one attached hydrogen (secondary N) is 2. The Morgan fingerprint density at radius 2 is 1.96 bits per heavy atom. The summed E-state index contributed by atoms with van der Waals surface area (Å²) in [4.78, 5) is 9.28. The van der Waals surface area contributed by atoms with Crippen LogP contribution in [0.15, 0.2) is 4.99 Å². The van der Waals surface area contributed by atoms with E-state index in [4.69, 9.17) is 9.47 Å². The van der Waals surface area contributed by atoms with Gasteiger partial charge in [-0.25, -0.2) is 0 Å². The van der Waals surface area contributed by atoms with E-state index in [1.807, 2.05) is 7.05 Å². The smallest absolute Gasteiger partial charge is 0.190 e. The maximum absolute atomic E-state index is 5.77. The second-order valence-corrected chi connectivity index (χ2v) is 6.99. The molecular formula is C18H38IN5O2. The number of ether oxygens (including phenoxy) is 2. The molecular weight excluding hydrogens is 445 g/mol. The molecule has 2 aliphatic rings. The van der Waals surface area contributed by atoms with Gasteiger partial charge in [0.1, 0.15) is 0 Å². The van der Waals surface area contributed by atoms with Gasteiger partial charge in [0.2, 0.25) is 0 Å². The van der Waals surface area contributed by atoms with Crippen molar-refractivity contribution in [1.82, 2.24) is 20.4 Å². The highest BCUT2D eigenvalue weighted by Gasteiger charge is 2.15. The minimum absolute atomic E-state index is 0. The Kier molecular flexibility index (Phi) is 13.6. The molecule has 0 radical (unpaired) electrons. The van der Waals surface area contributed by atoms with Crippen LogP contribution in [0, 0.1) is 0 Å². The maximum Gasteiger partial charge on any atom is 0.190 e. The summed E-state index contributed by atoms with van der Waals surface area (Å²) in [6.45, 7) is 10.2. The Bertz CT molecular complexity index is 381. The molecule has 0 aromatic heterocycles. The fourth-order valence-corrected chi connectivity index (χ4v) is 3.23. The van der Waals surface area contributed by atoms with E-state index in [2.05, 4.69) is 32.5 Å². The highest BCUT2D eigenvalue weighted by atomic mass is 127. The first-order valence-corrected chi connectivity index (χ1v) is 9.82. The van der Waals surface area contributed by atoms with Crippen molar-refractivity contribution in [1.29, 1.82) is 0 Å². The lowest BCUT2D eigenvalue weighted by Crippen LogP contribution is -2.39. The van der Waals surface area contributed by atoms with Crippen LogP contribution in [-0.2, 0) is 9.47 Å². The van der Waals surface area contributed by atoms with E-state index in [9.17, 15) is 0 Å². The van der Waals surface area contributed by atoms with Crippen LogP contribution in [0.3, 0.4) is 0 Å². The number of guanidine groups is 1. The van der Waals surface area contributed by atoms with Crippen LogP contribution in [0.5, 0.6) is 0 Å². The van der Waals surface area contributed by atoms with Crippen molar-refractivity contribution in [3.8, 4) is 0 Å². The molecule has 0 spiro atoms. The molecule has 1 atom stereocenters. The number of nitrogens with zero attached hydrogens (tertiary/aromatic N) is 3. The third-order valence-electron chi connectivity index (χ3n) is 4.83. The molecule has 2 rings (SSSR count). The van der Waals surface area contributed by atoms with Crippen molar-refractivity contribution in [3.05, 3.63) is 0 Å². The van der Waals surface area contributed by atoms with Gasteiger partial charge in [-0.15, -0.1) is 24.0 Å². The summed E-state index contributed by atoms with van der Waals surface area (Å²) in [5.41, 5.74) is 0. The Balaban J connectivity index is 0.00000338. The van der Waals surface area contributed by atoms with Crippen LogP contribution in [0.2, 0.25) is 0 Å². The van der Waals surface area contributed by atoms with Crippen molar-refractivity contribution in [2.75, 3.05) is 79.7 Å². The molecule has 2 saturated heterocycles. The van der Waals surface area contributed by atoms with Gasteiger partial charge in [-0.05, 0) is 52.4 Å². The summed E-state index contributed by atoms with van der Waals surface area (Å²) in [5.74, 6) is 0.889. The zero-order valence-electron chi connectivity index (χ0n) is 16.5. The fraction of sp³-hybridized carbons (Fsp3) is 0.944. The summed E-state index contributed by atoms with van der Waals surface area (Å²) in [5, 5.41) is 6.76. The average Bonchev–Trinajstić information content (AvgIpc) is 3.05. The molecule has 2 aliphatic heterocycles. The second kappa shape index (κ2) is 14.8. The molecule has 0 aromatic carbocycles. The maximum atomic E-state index is 5.77. The predicted molar refractivity (Wildman–Crippen MR) is 118 cm³/mol. The number of aliphatic imine (C=N–C) groups is 1. The van der Waals surface area contributed by atoms with Crippen LogP contribution in [0.25, 0.3) is 0 Å². The molecule has 154 valence electrons. The zero-order valence-corrected chi connectivity index (χ0v) is 18.9. The lowest BCUT2D eigenvalue weighted by molar-refractivity contribution is 0.0420. The van der Waals surface area contributed by atoms with Crippen molar-refractivity contribution in [2.24, 2.45) is 4.99 Å². The first kappa shape index (κ1) is 23.9. The van der Waals surface area contributed by atoms with Crippen molar-refractivity contribution in [2.45, 2.75) is 31.8 Å². The Morgan fingerprint density at radius 3 is 2.69 bits per heavy atom. The lowest BCUT2D eigenvalue weighted by atomic mass is 10.3. The number of hydrogen-bond donors (Lipinski definition) is 2. The van der Waals surface area contributed by atoms with Crippen molar-refractivity contribution >= 4 is 29.9 Å². The SMILES string of the molecule is CN=C(NCCCOC1CCOC1)NCCCN1CCCN(C)CC1.I. The van der Waals surface area contributed by atoms with Gasteiger partial charge < -0.3 is 29.9 Å². The molecule has 7 nitrogen and oxygen atoms in total. The molecule has 2 heterocycles. The van der Waals surface area contributed by atoms with Crippen LogP contribution in [0.1, 0.15) is 25.7 Å². The van der Waals surface area contributed by atoms with Crippen molar-refractivity contribution in [3.63, 3.8) is 0 Å². The molecule has 0 bridgehead atoms. The van der Waals surface area contributed by atoms with Gasteiger partial charge in [0, 0.05) is 46.4 Å². The quantitative estimate of drug-likeness (QED) is 0.221. The van der Waals surface area contributed by atoms with Crippen LogP contribution in [0.4, 0.5) is 0 Å². The first-order valence-electron chi connectivity index (χ1n) is 9.82. The first-order chi connectivity index (χ1) is 12.3. The number of hydrogen-bond acceptors (Lipinski definition) is 5. The van der Waals surface area contributed by atoms with Gasteiger partial charge in [-0.3, -0.25) is 4.99 Å². The molecule has 0 amide bonds. The van der Waals surface area contributed by atoms with E-state index in [0.29, 0.717) is 6.10 Å². The highest BCUT2D eigenvalue weighted by molar-refractivity contribution is 14.0. The van der Waals surface area contributed by atoms with Gasteiger partial charge in [0.15, 0.2) is 5.96 Å². The molecule has 2 fully saturated rings. The molecule has 26 heavy (non-hydrogen) atoms. The highest BCUT2D eigenvalue weighted by Crippen LogP contribution is 2.07. The topological polar surface area (TPSA) is 61.4 Å². The number of halogens is 1. The van der Waals surface area contributed by atoms with E-state index in [1.165, 1.54) is 32.6 Å². The second-order valence-electron chi connectivity index (χ2n) is 6.99. The molecule has 2 N–H and O–H groups in total. The summed E-state index contributed by atoms with van der Waals surface area (Å²) in [6, 6.07) is 0. The summed E-state index contributed by atoms with van der Waals surface area (Å²) in [6.07, 6.45) is 4.75. The normalized spacial score (nSPS) is 22.7. The van der Waals surface area contributed by atoms with E-state index in [1.54, 1.807) is 0 Å². The van der Waals surface area contributed by atoms with Crippen LogP contribution in [-0.4, -0.2) is 102 Å². The number of likely N-dealkylation sites (N-methyl/N-ethyl adjacent to an activating group) is 1. The Morgan fingerprint density at radius 1 is 1.15 bits per heavy atom. The van der Waals surface area contributed by atoms with E-state index >= 15 is 0 Å². The lowest BCUT2D eigenvalue weighted by Gasteiger charge is -2.20. The molecule has 1 unspecified atom stereocenters. The van der Waals surface area contributed by atoms with E-state index < -0.39 is 0 Å². The molecule has 0 aliphatic carbocycles. The Hall–Kier alpha value is -0.160. The third-order valence-corrected chi connectivity index (χ3v) is 4.83. The van der Waals surface area contributed by atoms with Gasteiger partial charge in [0.05, 0.1) is 12.7 Å². The van der Waals surface area contributed by atoms with Gasteiger partial charge in [-0.2, -0.15) is 0 Å². The monoisotopic (exact) mass is 483 g/mol. The summed E-state index contributed by atoms with van der Waals surface area (Å²) < 4.78 is 11.1. The minimum atomic E-state index is 0. The fourth-order valence-electron chi connectivity index (χ4n) is 3.23.